The molecular formula is C14H16BrNO. The van der Waals surface area contributed by atoms with Gasteiger partial charge in [0, 0.05) is 5.69 Å². The van der Waals surface area contributed by atoms with E-state index in [9.17, 15) is 0 Å². The Morgan fingerprint density at radius 1 is 1.18 bits per heavy atom. The molecule has 0 fully saturated rings. The first-order chi connectivity index (χ1) is 8.08. The van der Waals surface area contributed by atoms with Crippen LogP contribution in [0, 0.1) is 13.8 Å². The number of nitrogens with one attached hydrogen (secondary N) is 1. The summed E-state index contributed by atoms with van der Waals surface area (Å²) in [6.45, 7) is 6.34. The molecule has 2 nitrogen and oxygen atoms in total. The number of anilines is 1. The molecule has 0 saturated heterocycles. The van der Waals surface area contributed by atoms with Gasteiger partial charge in [-0.15, -0.1) is 0 Å². The Hall–Kier alpha value is -1.22. The molecular weight excluding hydrogens is 278 g/mol. The molecule has 2 rings (SSSR count). The highest BCUT2D eigenvalue weighted by Crippen LogP contribution is 2.26. The Morgan fingerprint density at radius 3 is 2.59 bits per heavy atom. The van der Waals surface area contributed by atoms with E-state index in [1.54, 1.807) is 0 Å². The summed E-state index contributed by atoms with van der Waals surface area (Å²) >= 11 is 3.32. The van der Waals surface area contributed by atoms with Crippen LogP contribution in [-0.2, 0) is 0 Å². The molecule has 0 radical (unpaired) electrons. The van der Waals surface area contributed by atoms with Crippen LogP contribution in [0.2, 0.25) is 0 Å². The third kappa shape index (κ3) is 2.72. The van der Waals surface area contributed by atoms with Crippen molar-refractivity contribution in [3.8, 4) is 0 Å². The van der Waals surface area contributed by atoms with E-state index in [0.717, 1.165) is 16.1 Å². The van der Waals surface area contributed by atoms with E-state index < -0.39 is 0 Å². The maximum absolute atomic E-state index is 5.54. The van der Waals surface area contributed by atoms with E-state index in [-0.39, 0.29) is 6.04 Å². The van der Waals surface area contributed by atoms with Gasteiger partial charge in [0.05, 0.1) is 6.04 Å². The van der Waals surface area contributed by atoms with Crippen molar-refractivity contribution >= 4 is 21.6 Å². The molecule has 1 aromatic carbocycles. The van der Waals surface area contributed by atoms with Gasteiger partial charge >= 0.3 is 0 Å². The molecule has 0 aliphatic carbocycles. The molecule has 1 N–H and O–H groups in total. The number of halogens is 1. The van der Waals surface area contributed by atoms with Gasteiger partial charge in [-0.3, -0.25) is 0 Å². The quantitative estimate of drug-likeness (QED) is 0.877. The van der Waals surface area contributed by atoms with E-state index in [1.807, 2.05) is 12.1 Å². The third-order valence-electron chi connectivity index (χ3n) is 3.00. The smallest absolute Gasteiger partial charge is 0.169 e. The van der Waals surface area contributed by atoms with Crippen LogP contribution >= 0.6 is 15.9 Å². The lowest BCUT2D eigenvalue weighted by Gasteiger charge is -2.16. The number of rotatable bonds is 3. The van der Waals surface area contributed by atoms with Crippen molar-refractivity contribution in [3.05, 3.63) is 51.9 Å². The fourth-order valence-corrected chi connectivity index (χ4v) is 2.09. The van der Waals surface area contributed by atoms with Crippen molar-refractivity contribution in [2.24, 2.45) is 0 Å². The van der Waals surface area contributed by atoms with Crippen LogP contribution < -0.4 is 5.32 Å². The zero-order valence-electron chi connectivity index (χ0n) is 10.3. The zero-order chi connectivity index (χ0) is 12.4. The van der Waals surface area contributed by atoms with Crippen molar-refractivity contribution in [1.82, 2.24) is 0 Å². The average Bonchev–Trinajstić information content (AvgIpc) is 2.72. The second-order valence-electron chi connectivity index (χ2n) is 4.26. The monoisotopic (exact) mass is 293 g/mol. The summed E-state index contributed by atoms with van der Waals surface area (Å²) in [6, 6.07) is 10.3. The lowest BCUT2D eigenvalue weighted by molar-refractivity contribution is 0.471. The van der Waals surface area contributed by atoms with E-state index in [1.165, 1.54) is 11.1 Å². The predicted molar refractivity (Wildman–Crippen MR) is 74.4 cm³/mol. The lowest BCUT2D eigenvalue weighted by Crippen LogP contribution is -2.07. The van der Waals surface area contributed by atoms with E-state index >= 15 is 0 Å². The van der Waals surface area contributed by atoms with Gasteiger partial charge in [-0.05, 0) is 66.0 Å². The fraction of sp³-hybridized carbons (Fsp3) is 0.286. The van der Waals surface area contributed by atoms with Gasteiger partial charge in [-0.2, -0.15) is 0 Å². The number of furan rings is 1. The van der Waals surface area contributed by atoms with Crippen LogP contribution in [0.15, 0.2) is 39.4 Å². The van der Waals surface area contributed by atoms with Crippen molar-refractivity contribution in [3.63, 3.8) is 0 Å². The average molecular weight is 294 g/mol. The molecule has 1 unspecified atom stereocenters. The largest absolute Gasteiger partial charge is 0.452 e. The highest BCUT2D eigenvalue weighted by molar-refractivity contribution is 9.10. The zero-order valence-corrected chi connectivity index (χ0v) is 11.8. The highest BCUT2D eigenvalue weighted by atomic mass is 79.9. The SMILES string of the molecule is Cc1cccc(NC(C)c2ccc(Br)o2)c1C. The molecule has 1 aromatic heterocycles. The molecule has 0 saturated carbocycles. The first-order valence-electron chi connectivity index (χ1n) is 5.66. The Kier molecular flexibility index (Phi) is 3.57. The molecule has 1 heterocycles. The normalized spacial score (nSPS) is 12.5. The molecule has 90 valence electrons. The molecule has 0 bridgehead atoms. The van der Waals surface area contributed by atoms with Crippen LogP contribution in [0.1, 0.15) is 29.9 Å². The minimum atomic E-state index is 0.154. The predicted octanol–water partition coefficient (Wildman–Crippen LogP) is 4.83. The first-order valence-corrected chi connectivity index (χ1v) is 6.45. The van der Waals surface area contributed by atoms with Gasteiger partial charge in [0.25, 0.3) is 0 Å². The molecule has 0 aliphatic rings. The molecule has 0 spiro atoms. The van der Waals surface area contributed by atoms with Gasteiger partial charge in [-0.25, -0.2) is 0 Å². The maximum atomic E-state index is 5.54. The molecule has 3 heteroatoms. The molecule has 0 amide bonds. The number of hydrogen-bond acceptors (Lipinski definition) is 2. The summed E-state index contributed by atoms with van der Waals surface area (Å²) in [7, 11) is 0. The second-order valence-corrected chi connectivity index (χ2v) is 5.04. The van der Waals surface area contributed by atoms with Gasteiger partial charge in [0.15, 0.2) is 4.67 Å². The fourth-order valence-electron chi connectivity index (χ4n) is 1.77. The molecule has 17 heavy (non-hydrogen) atoms. The van der Waals surface area contributed by atoms with Crippen molar-refractivity contribution in [2.75, 3.05) is 5.32 Å². The highest BCUT2D eigenvalue weighted by Gasteiger charge is 2.11. The second kappa shape index (κ2) is 4.96. The van der Waals surface area contributed by atoms with Gasteiger partial charge in [0.1, 0.15) is 5.76 Å². The Morgan fingerprint density at radius 2 is 1.94 bits per heavy atom. The maximum Gasteiger partial charge on any atom is 0.169 e. The summed E-state index contributed by atoms with van der Waals surface area (Å²) in [6.07, 6.45) is 0. The summed E-state index contributed by atoms with van der Waals surface area (Å²) in [4.78, 5) is 0. The lowest BCUT2D eigenvalue weighted by atomic mass is 10.1. The third-order valence-corrected chi connectivity index (χ3v) is 3.42. The van der Waals surface area contributed by atoms with Gasteiger partial charge in [0.2, 0.25) is 0 Å². The van der Waals surface area contributed by atoms with Gasteiger partial charge in [-0.1, -0.05) is 12.1 Å². The Labute approximate surface area is 110 Å². The topological polar surface area (TPSA) is 25.2 Å². The van der Waals surface area contributed by atoms with Crippen LogP contribution in [0.25, 0.3) is 0 Å². The van der Waals surface area contributed by atoms with E-state index in [4.69, 9.17) is 4.42 Å². The van der Waals surface area contributed by atoms with E-state index in [2.05, 4.69) is 60.2 Å². The summed E-state index contributed by atoms with van der Waals surface area (Å²) in [5, 5.41) is 3.47. The van der Waals surface area contributed by atoms with E-state index in [0.29, 0.717) is 0 Å². The number of hydrogen-bond donors (Lipinski definition) is 1. The number of benzene rings is 1. The Bertz CT molecular complexity index is 519. The van der Waals surface area contributed by atoms with Crippen LogP contribution in [0.3, 0.4) is 0 Å². The summed E-state index contributed by atoms with van der Waals surface area (Å²) < 4.78 is 6.31. The van der Waals surface area contributed by atoms with Crippen molar-refractivity contribution in [1.29, 1.82) is 0 Å². The molecule has 0 aliphatic heterocycles. The minimum Gasteiger partial charge on any atom is -0.452 e. The standard InChI is InChI=1S/C14H16BrNO/c1-9-5-4-6-12(10(9)2)16-11(3)13-7-8-14(15)17-13/h4-8,11,16H,1-3H3. The van der Waals surface area contributed by atoms with Gasteiger partial charge < -0.3 is 9.73 Å². The van der Waals surface area contributed by atoms with Crippen LogP contribution in [-0.4, -0.2) is 0 Å². The Balaban J connectivity index is 2.18. The molecule has 1 atom stereocenters. The number of aryl methyl sites for hydroxylation is 1. The van der Waals surface area contributed by atoms with Crippen molar-refractivity contribution < 1.29 is 4.42 Å². The van der Waals surface area contributed by atoms with Crippen molar-refractivity contribution in [2.45, 2.75) is 26.8 Å². The summed E-state index contributed by atoms with van der Waals surface area (Å²) in [5.74, 6) is 0.929. The first kappa shape index (κ1) is 12.2. The summed E-state index contributed by atoms with van der Waals surface area (Å²) in [5.41, 5.74) is 3.73. The minimum absolute atomic E-state index is 0.154. The van der Waals surface area contributed by atoms with Crippen LogP contribution in [0.5, 0.6) is 0 Å². The van der Waals surface area contributed by atoms with Crippen LogP contribution in [0.4, 0.5) is 5.69 Å². The molecule has 2 aromatic rings.